The third kappa shape index (κ3) is 2.52. The number of hydrogen-bond acceptors (Lipinski definition) is 1. The van der Waals surface area contributed by atoms with Gasteiger partial charge in [0.25, 0.3) is 0 Å². The average molecular weight is 257 g/mol. The molecular weight excluding hydrogens is 230 g/mol. The van der Waals surface area contributed by atoms with Crippen molar-refractivity contribution in [2.24, 2.45) is 5.92 Å². The van der Waals surface area contributed by atoms with Crippen molar-refractivity contribution >= 4 is 5.69 Å². The molecule has 0 N–H and O–H groups in total. The van der Waals surface area contributed by atoms with E-state index < -0.39 is 0 Å². The molecule has 1 aliphatic carbocycles. The molecule has 1 saturated carbocycles. The molecule has 2 fully saturated rings. The van der Waals surface area contributed by atoms with Crippen LogP contribution in [0.15, 0.2) is 18.2 Å². The van der Waals surface area contributed by atoms with Crippen LogP contribution in [-0.4, -0.2) is 13.1 Å². The maximum Gasteiger partial charge on any atom is 0.0436 e. The van der Waals surface area contributed by atoms with Gasteiger partial charge in [-0.1, -0.05) is 39.0 Å². The molecule has 1 heteroatoms. The summed E-state index contributed by atoms with van der Waals surface area (Å²) in [5, 5.41) is 0. The van der Waals surface area contributed by atoms with Crippen molar-refractivity contribution in [3.63, 3.8) is 0 Å². The summed E-state index contributed by atoms with van der Waals surface area (Å²) in [6.07, 6.45) is 5.60. The highest BCUT2D eigenvalue weighted by molar-refractivity contribution is 5.62. The number of para-hydroxylation sites is 1. The second kappa shape index (κ2) is 5.19. The molecule has 1 aromatic rings. The van der Waals surface area contributed by atoms with E-state index in [-0.39, 0.29) is 0 Å². The summed E-state index contributed by atoms with van der Waals surface area (Å²) in [6, 6.07) is 7.02. The van der Waals surface area contributed by atoms with E-state index in [1.165, 1.54) is 38.8 Å². The smallest absolute Gasteiger partial charge is 0.0436 e. The lowest BCUT2D eigenvalue weighted by Crippen LogP contribution is -2.22. The van der Waals surface area contributed by atoms with E-state index in [4.69, 9.17) is 0 Å². The molecule has 0 unspecified atom stereocenters. The minimum Gasteiger partial charge on any atom is -0.371 e. The monoisotopic (exact) mass is 257 g/mol. The molecule has 19 heavy (non-hydrogen) atoms. The van der Waals surface area contributed by atoms with E-state index in [0.717, 1.165) is 11.8 Å². The van der Waals surface area contributed by atoms with Gasteiger partial charge in [0, 0.05) is 18.8 Å². The maximum atomic E-state index is 2.66. The van der Waals surface area contributed by atoms with Crippen LogP contribution < -0.4 is 4.90 Å². The Morgan fingerprint density at radius 3 is 2.21 bits per heavy atom. The van der Waals surface area contributed by atoms with E-state index in [2.05, 4.69) is 43.9 Å². The summed E-state index contributed by atoms with van der Waals surface area (Å²) in [7, 11) is 0. The Labute approximate surface area is 118 Å². The Hall–Kier alpha value is -0.980. The fourth-order valence-corrected chi connectivity index (χ4v) is 3.57. The summed E-state index contributed by atoms with van der Waals surface area (Å²) in [4.78, 5) is 2.66. The number of rotatable bonds is 4. The molecule has 0 amide bonds. The molecule has 1 saturated heterocycles. The van der Waals surface area contributed by atoms with Gasteiger partial charge in [-0.05, 0) is 54.6 Å². The first kappa shape index (κ1) is 13.0. The van der Waals surface area contributed by atoms with Gasteiger partial charge in [-0.3, -0.25) is 0 Å². The molecule has 0 bridgehead atoms. The first-order chi connectivity index (χ1) is 9.18. The molecular formula is C18H27N. The molecule has 104 valence electrons. The van der Waals surface area contributed by atoms with Crippen molar-refractivity contribution in [3.8, 4) is 0 Å². The zero-order valence-corrected chi connectivity index (χ0v) is 12.7. The van der Waals surface area contributed by atoms with Crippen molar-refractivity contribution in [2.45, 2.75) is 58.3 Å². The number of hydrogen-bond donors (Lipinski definition) is 0. The largest absolute Gasteiger partial charge is 0.371 e. The average Bonchev–Trinajstić information content (AvgIpc) is 3.12. The zero-order chi connectivity index (χ0) is 13.4. The van der Waals surface area contributed by atoms with Crippen molar-refractivity contribution < 1.29 is 0 Å². The quantitative estimate of drug-likeness (QED) is 0.739. The normalized spacial score (nSPS) is 21.2. The van der Waals surface area contributed by atoms with Gasteiger partial charge in [0.05, 0.1) is 0 Å². The predicted octanol–water partition coefficient (Wildman–Crippen LogP) is 4.92. The van der Waals surface area contributed by atoms with Crippen LogP contribution in [0.2, 0.25) is 0 Å². The van der Waals surface area contributed by atoms with Gasteiger partial charge in [0.2, 0.25) is 0 Å². The Morgan fingerprint density at radius 1 is 1.00 bits per heavy atom. The highest BCUT2D eigenvalue weighted by Gasteiger charge is 2.32. The second-order valence-corrected chi connectivity index (χ2v) is 6.76. The predicted molar refractivity (Wildman–Crippen MR) is 83.1 cm³/mol. The van der Waals surface area contributed by atoms with Crippen molar-refractivity contribution in [3.05, 3.63) is 29.3 Å². The van der Waals surface area contributed by atoms with Crippen LogP contribution in [0.5, 0.6) is 0 Å². The second-order valence-electron chi connectivity index (χ2n) is 6.76. The molecule has 1 aromatic carbocycles. The third-order valence-corrected chi connectivity index (χ3v) is 4.96. The standard InChI is InChI=1S/C18H27N/c1-13(2)16-7-6-8-17(14(3)15-9-10-15)18(16)19-11-4-5-12-19/h6-8,13-15H,4-5,9-12H2,1-3H3/t14-/m1/s1. The molecule has 0 aromatic heterocycles. The van der Waals surface area contributed by atoms with E-state index in [1.807, 2.05) is 0 Å². The first-order valence-electron chi connectivity index (χ1n) is 8.06. The number of benzene rings is 1. The minimum absolute atomic E-state index is 0.627. The summed E-state index contributed by atoms with van der Waals surface area (Å²) in [5.74, 6) is 2.32. The van der Waals surface area contributed by atoms with E-state index in [9.17, 15) is 0 Å². The number of nitrogens with zero attached hydrogens (tertiary/aromatic N) is 1. The molecule has 1 atom stereocenters. The summed E-state index contributed by atoms with van der Waals surface area (Å²) < 4.78 is 0. The van der Waals surface area contributed by atoms with Crippen LogP contribution in [0.25, 0.3) is 0 Å². The van der Waals surface area contributed by atoms with Crippen LogP contribution in [0.4, 0.5) is 5.69 Å². The molecule has 3 rings (SSSR count). The van der Waals surface area contributed by atoms with Gasteiger partial charge in [-0.25, -0.2) is 0 Å². The maximum absolute atomic E-state index is 2.66. The van der Waals surface area contributed by atoms with E-state index >= 15 is 0 Å². The molecule has 0 radical (unpaired) electrons. The van der Waals surface area contributed by atoms with Gasteiger partial charge in [0.15, 0.2) is 0 Å². The molecule has 2 aliphatic rings. The van der Waals surface area contributed by atoms with Crippen LogP contribution in [0.1, 0.15) is 69.4 Å². The Kier molecular flexibility index (Phi) is 3.56. The minimum atomic E-state index is 0.627. The van der Waals surface area contributed by atoms with Crippen LogP contribution in [0.3, 0.4) is 0 Å². The fourth-order valence-electron chi connectivity index (χ4n) is 3.57. The number of anilines is 1. The molecule has 1 aliphatic heterocycles. The zero-order valence-electron chi connectivity index (χ0n) is 12.7. The van der Waals surface area contributed by atoms with Crippen LogP contribution >= 0.6 is 0 Å². The summed E-state index contributed by atoms with van der Waals surface area (Å²) in [6.45, 7) is 9.62. The SMILES string of the molecule is CC(C)c1cccc([C@H](C)C2CC2)c1N1CCCC1. The Bertz CT molecular complexity index is 439. The van der Waals surface area contributed by atoms with Gasteiger partial charge < -0.3 is 4.90 Å². The van der Waals surface area contributed by atoms with Gasteiger partial charge in [-0.2, -0.15) is 0 Å². The highest BCUT2D eigenvalue weighted by atomic mass is 15.1. The summed E-state index contributed by atoms with van der Waals surface area (Å²) >= 11 is 0. The fraction of sp³-hybridized carbons (Fsp3) is 0.667. The molecule has 1 heterocycles. The van der Waals surface area contributed by atoms with Crippen LogP contribution in [0, 0.1) is 5.92 Å². The lowest BCUT2D eigenvalue weighted by atomic mass is 9.89. The van der Waals surface area contributed by atoms with Gasteiger partial charge >= 0.3 is 0 Å². The highest BCUT2D eigenvalue weighted by Crippen LogP contribution is 2.46. The van der Waals surface area contributed by atoms with Crippen molar-refractivity contribution in [2.75, 3.05) is 18.0 Å². The first-order valence-corrected chi connectivity index (χ1v) is 8.06. The third-order valence-electron chi connectivity index (χ3n) is 4.96. The van der Waals surface area contributed by atoms with Crippen molar-refractivity contribution in [1.29, 1.82) is 0 Å². The van der Waals surface area contributed by atoms with E-state index in [0.29, 0.717) is 5.92 Å². The Balaban J connectivity index is 2.03. The van der Waals surface area contributed by atoms with E-state index in [1.54, 1.807) is 16.8 Å². The lowest BCUT2D eigenvalue weighted by Gasteiger charge is -2.29. The van der Waals surface area contributed by atoms with Gasteiger partial charge in [-0.15, -0.1) is 0 Å². The van der Waals surface area contributed by atoms with Gasteiger partial charge in [0.1, 0.15) is 0 Å². The molecule has 1 nitrogen and oxygen atoms in total. The van der Waals surface area contributed by atoms with Crippen molar-refractivity contribution in [1.82, 2.24) is 0 Å². The molecule has 0 spiro atoms. The summed E-state index contributed by atoms with van der Waals surface area (Å²) in [5.41, 5.74) is 4.77. The lowest BCUT2D eigenvalue weighted by molar-refractivity contribution is 0.658. The topological polar surface area (TPSA) is 3.24 Å². The Morgan fingerprint density at radius 2 is 1.63 bits per heavy atom. The van der Waals surface area contributed by atoms with Crippen LogP contribution in [-0.2, 0) is 0 Å².